The fourth-order valence-corrected chi connectivity index (χ4v) is 0.933. The van der Waals surface area contributed by atoms with Gasteiger partial charge < -0.3 is 27.2 Å². The molecule has 0 N–H and O–H groups in total. The van der Waals surface area contributed by atoms with E-state index >= 15 is 0 Å². The van der Waals surface area contributed by atoms with Gasteiger partial charge in [0.05, 0.1) is 0 Å². The first kappa shape index (κ1) is 24.1. The van der Waals surface area contributed by atoms with Crippen LogP contribution < -0.4 is 0 Å². The summed E-state index contributed by atoms with van der Waals surface area (Å²) in [6, 6.07) is 0. The molecule has 0 heterocycles. The minimum Gasteiger partial charge on any atom is -0.358 e. The van der Waals surface area contributed by atoms with E-state index in [1.807, 2.05) is 0 Å². The van der Waals surface area contributed by atoms with E-state index < -0.39 is 0 Å². The topological polar surface area (TPSA) is 3.24 Å². The average molecular weight is 229 g/mol. The van der Waals surface area contributed by atoms with Gasteiger partial charge in [0, 0.05) is 0 Å². The van der Waals surface area contributed by atoms with E-state index in [4.69, 9.17) is 0 Å². The van der Waals surface area contributed by atoms with Gasteiger partial charge in [-0.1, -0.05) is 0 Å². The Morgan fingerprint density at radius 2 is 1.43 bits per heavy atom. The van der Waals surface area contributed by atoms with E-state index in [9.17, 15) is 0 Å². The molecule has 1 aliphatic carbocycles. The number of hydrogen-bond donors (Lipinski definition) is 0. The number of hydrogen-bond acceptors (Lipinski definition) is 1. The molecule has 0 saturated heterocycles. The third-order valence-electron chi connectivity index (χ3n) is 1.58. The fourth-order valence-electron chi connectivity index (χ4n) is 0.933. The van der Waals surface area contributed by atoms with E-state index in [2.05, 4.69) is 44.7 Å². The van der Waals surface area contributed by atoms with Gasteiger partial charge >= 0.3 is 21.7 Å². The van der Waals surface area contributed by atoms with Gasteiger partial charge in [0.15, 0.2) is 0 Å². The molecule has 0 aromatic carbocycles. The fraction of sp³-hybridized carbons (Fsp3) is 0.333. The van der Waals surface area contributed by atoms with Crippen LogP contribution in [0.5, 0.6) is 0 Å². The van der Waals surface area contributed by atoms with Gasteiger partial charge in [-0.2, -0.15) is 0 Å². The molecule has 1 rings (SSSR count). The first-order valence-corrected chi connectivity index (χ1v) is 3.64. The number of rotatable bonds is 3. The summed E-state index contributed by atoms with van der Waals surface area (Å²) in [6.07, 6.45) is 9.68. The van der Waals surface area contributed by atoms with E-state index in [1.54, 1.807) is 0 Å². The van der Waals surface area contributed by atoms with Crippen molar-refractivity contribution in [1.29, 1.82) is 0 Å². The molecule has 1 aliphatic rings. The minimum atomic E-state index is 0. The number of nitrogens with zero attached hydrogens (tertiary/aromatic N) is 1. The van der Waals surface area contributed by atoms with Crippen LogP contribution in [0.4, 0.5) is 0 Å². The van der Waals surface area contributed by atoms with Crippen LogP contribution in [0.2, 0.25) is 0 Å². The molecule has 0 spiro atoms. The Hall–Kier alpha value is 0.674. The van der Waals surface area contributed by atoms with E-state index in [0.29, 0.717) is 0 Å². The molecule has 0 atom stereocenters. The summed E-state index contributed by atoms with van der Waals surface area (Å²) in [7, 11) is 4.20. The molecule has 2 heteroatoms. The molecule has 0 bridgehead atoms. The molecule has 1 saturated carbocycles. The van der Waals surface area contributed by atoms with E-state index in [0.717, 1.165) is 6.54 Å². The second-order valence-corrected chi connectivity index (χ2v) is 2.85. The van der Waals surface area contributed by atoms with Crippen molar-refractivity contribution in [3.8, 4) is 0 Å². The standard InChI is InChI=1S/C9H14N.3CH3.Ti/c1-10(2)8-7-9-5-3-4-6-9;;;;/h3-6H,7-8H2,1-2H3;3*1H3;/q;3*-1;+4. The van der Waals surface area contributed by atoms with Crippen LogP contribution in [0.25, 0.3) is 0 Å². The third-order valence-corrected chi connectivity index (χ3v) is 1.58. The maximum atomic E-state index is 2.20. The van der Waals surface area contributed by atoms with E-state index in [1.165, 1.54) is 12.3 Å². The maximum absolute atomic E-state index is 2.20. The summed E-state index contributed by atoms with van der Waals surface area (Å²) in [5.74, 6) is 1.44. The van der Waals surface area contributed by atoms with Crippen molar-refractivity contribution in [2.45, 2.75) is 6.42 Å². The summed E-state index contributed by atoms with van der Waals surface area (Å²) in [5, 5.41) is 0. The van der Waals surface area contributed by atoms with Crippen molar-refractivity contribution in [1.82, 2.24) is 4.90 Å². The van der Waals surface area contributed by atoms with Crippen molar-refractivity contribution in [3.05, 3.63) is 53.9 Å². The van der Waals surface area contributed by atoms with Gasteiger partial charge in [0.25, 0.3) is 0 Å². The molecular formula is C12H23NTi+. The predicted molar refractivity (Wildman–Crippen MR) is 62.9 cm³/mol. The quantitative estimate of drug-likeness (QED) is 0.531. The summed E-state index contributed by atoms with van der Waals surface area (Å²) in [4.78, 5) is 2.20. The average Bonchev–Trinajstić information content (AvgIpc) is 2.34. The second-order valence-electron chi connectivity index (χ2n) is 2.85. The second kappa shape index (κ2) is 13.7. The normalized spacial score (nSPS) is 14.8. The minimum absolute atomic E-state index is 0. The molecule has 1 fully saturated rings. The summed E-state index contributed by atoms with van der Waals surface area (Å²) >= 11 is 0. The molecular weight excluding hydrogens is 206 g/mol. The van der Waals surface area contributed by atoms with Gasteiger partial charge in [0.1, 0.15) is 0 Å². The zero-order chi connectivity index (χ0) is 7.40. The van der Waals surface area contributed by atoms with Crippen LogP contribution >= 0.6 is 0 Å². The molecule has 0 aromatic rings. The van der Waals surface area contributed by atoms with Crippen LogP contribution in [0.1, 0.15) is 6.42 Å². The van der Waals surface area contributed by atoms with Crippen LogP contribution in [0, 0.1) is 53.9 Å². The Morgan fingerprint density at radius 3 is 1.79 bits per heavy atom. The molecule has 14 heavy (non-hydrogen) atoms. The van der Waals surface area contributed by atoms with Crippen LogP contribution in [-0.4, -0.2) is 25.5 Å². The van der Waals surface area contributed by atoms with Crippen molar-refractivity contribution in [2.75, 3.05) is 20.6 Å². The smallest absolute Gasteiger partial charge is 0.358 e. The molecule has 0 amide bonds. The largest absolute Gasteiger partial charge is 4.00 e. The predicted octanol–water partition coefficient (Wildman–Crippen LogP) is 2.69. The molecule has 5 radical (unpaired) electrons. The van der Waals surface area contributed by atoms with Gasteiger partial charge in [-0.15, -0.1) is 0 Å². The van der Waals surface area contributed by atoms with Crippen molar-refractivity contribution in [3.63, 3.8) is 0 Å². The van der Waals surface area contributed by atoms with Crippen molar-refractivity contribution < 1.29 is 21.7 Å². The van der Waals surface area contributed by atoms with E-state index in [-0.39, 0.29) is 44.0 Å². The van der Waals surface area contributed by atoms with Crippen LogP contribution in [-0.2, 0) is 21.7 Å². The van der Waals surface area contributed by atoms with Crippen molar-refractivity contribution >= 4 is 0 Å². The monoisotopic (exact) mass is 229 g/mol. The zero-order valence-corrected chi connectivity index (χ0v) is 11.7. The Balaban J connectivity index is -0.000000125. The van der Waals surface area contributed by atoms with Gasteiger partial charge in [-0.3, -0.25) is 0 Å². The Bertz CT molecular complexity index is 88.3. The first-order valence-electron chi connectivity index (χ1n) is 3.64. The Labute approximate surface area is 108 Å². The first-order chi connectivity index (χ1) is 4.79. The molecule has 1 nitrogen and oxygen atoms in total. The molecule has 79 valence electrons. The molecule has 0 unspecified atom stereocenters. The van der Waals surface area contributed by atoms with Crippen molar-refractivity contribution in [2.24, 2.45) is 0 Å². The summed E-state index contributed by atoms with van der Waals surface area (Å²) < 4.78 is 0. The maximum Gasteiger partial charge on any atom is 4.00 e. The summed E-state index contributed by atoms with van der Waals surface area (Å²) in [6.45, 7) is 1.14. The van der Waals surface area contributed by atoms with Gasteiger partial charge in [-0.25, -0.2) is 0 Å². The van der Waals surface area contributed by atoms with Gasteiger partial charge in [0.2, 0.25) is 0 Å². The van der Waals surface area contributed by atoms with Crippen LogP contribution in [0.3, 0.4) is 0 Å². The zero-order valence-electron chi connectivity index (χ0n) is 10.2. The molecule has 0 aromatic heterocycles. The third kappa shape index (κ3) is 10.8. The summed E-state index contributed by atoms with van der Waals surface area (Å²) in [5.41, 5.74) is 0. The Kier molecular flexibility index (Phi) is 23.5. The Morgan fingerprint density at radius 1 is 1.00 bits per heavy atom. The molecule has 0 aliphatic heterocycles. The van der Waals surface area contributed by atoms with Crippen LogP contribution in [0.15, 0.2) is 0 Å². The van der Waals surface area contributed by atoms with Gasteiger partial charge in [-0.05, 0) is 58.7 Å². The SMILES string of the molecule is CN(C)CC[C]1[CH][CH][CH][CH]1.[CH3-].[CH3-].[CH3-].[Ti+4].